The number of ether oxygens (including phenoxy) is 1. The van der Waals surface area contributed by atoms with Gasteiger partial charge in [-0.2, -0.15) is 0 Å². The monoisotopic (exact) mass is 447 g/mol. The van der Waals surface area contributed by atoms with Gasteiger partial charge < -0.3 is 15.0 Å². The third kappa shape index (κ3) is 4.89. The van der Waals surface area contributed by atoms with E-state index in [1.54, 1.807) is 12.1 Å². The second kappa shape index (κ2) is 10.5. The molecule has 32 heavy (non-hydrogen) atoms. The zero-order valence-corrected chi connectivity index (χ0v) is 18.1. The molecule has 0 aliphatic carbocycles. The lowest BCUT2D eigenvalue weighted by Crippen LogP contribution is -2.72. The summed E-state index contributed by atoms with van der Waals surface area (Å²) in [7, 11) is 0. The smallest absolute Gasteiger partial charge is 0.328 e. The van der Waals surface area contributed by atoms with Crippen molar-refractivity contribution in [2.45, 2.75) is 38.6 Å². The van der Waals surface area contributed by atoms with Crippen molar-refractivity contribution >= 4 is 29.2 Å². The third-order valence-corrected chi connectivity index (χ3v) is 5.93. The standard InChI is InChI=1S/C21H29N5O6/c1-2-12-32-13-4-3-9-21(18(27)23-20(29)24-19(21)28)17-14-22-10-11-25(17)15-5-7-16(8-6-15)26(30)31/h5-8,17,22H,2-4,9-14H2,1H3,(H2,23,24,27,28,29). The van der Waals surface area contributed by atoms with E-state index in [-0.39, 0.29) is 12.1 Å². The molecule has 11 heteroatoms. The highest BCUT2D eigenvalue weighted by Gasteiger charge is 2.57. The van der Waals surface area contributed by atoms with Gasteiger partial charge in [-0.1, -0.05) is 6.92 Å². The molecule has 4 amide bonds. The van der Waals surface area contributed by atoms with E-state index < -0.39 is 34.2 Å². The van der Waals surface area contributed by atoms with Gasteiger partial charge in [-0.25, -0.2) is 4.79 Å². The molecule has 1 unspecified atom stereocenters. The van der Waals surface area contributed by atoms with E-state index in [9.17, 15) is 24.5 Å². The van der Waals surface area contributed by atoms with E-state index in [0.717, 1.165) is 6.42 Å². The van der Waals surface area contributed by atoms with Gasteiger partial charge in [-0.05, 0) is 37.8 Å². The Bertz CT molecular complexity index is 839. The number of nitrogens with zero attached hydrogens (tertiary/aromatic N) is 2. The molecule has 1 atom stereocenters. The van der Waals surface area contributed by atoms with Crippen LogP contribution >= 0.6 is 0 Å². The van der Waals surface area contributed by atoms with E-state index >= 15 is 0 Å². The van der Waals surface area contributed by atoms with Gasteiger partial charge in [0.1, 0.15) is 5.41 Å². The first-order valence-corrected chi connectivity index (χ1v) is 10.9. The van der Waals surface area contributed by atoms with Crippen LogP contribution in [0.3, 0.4) is 0 Å². The molecule has 3 N–H and O–H groups in total. The van der Waals surface area contributed by atoms with Crippen molar-refractivity contribution in [1.82, 2.24) is 16.0 Å². The largest absolute Gasteiger partial charge is 0.381 e. The minimum Gasteiger partial charge on any atom is -0.381 e. The molecule has 2 saturated heterocycles. The molecule has 0 aromatic heterocycles. The highest BCUT2D eigenvalue weighted by molar-refractivity contribution is 6.20. The number of rotatable bonds is 10. The Morgan fingerprint density at radius 2 is 1.81 bits per heavy atom. The number of imide groups is 2. The average Bonchev–Trinajstić information content (AvgIpc) is 2.78. The summed E-state index contributed by atoms with van der Waals surface area (Å²) in [6.45, 7) is 4.67. The van der Waals surface area contributed by atoms with Gasteiger partial charge in [0.2, 0.25) is 11.8 Å². The van der Waals surface area contributed by atoms with E-state index in [4.69, 9.17) is 4.74 Å². The number of barbiturate groups is 1. The van der Waals surface area contributed by atoms with Crippen molar-refractivity contribution in [1.29, 1.82) is 0 Å². The summed E-state index contributed by atoms with van der Waals surface area (Å²) in [6.07, 6.45) is 2.38. The Kier molecular flexibility index (Phi) is 7.75. The Morgan fingerprint density at radius 1 is 1.12 bits per heavy atom. The van der Waals surface area contributed by atoms with Crippen LogP contribution in [-0.2, 0) is 14.3 Å². The van der Waals surface area contributed by atoms with Crippen molar-refractivity contribution in [3.05, 3.63) is 34.4 Å². The molecule has 0 saturated carbocycles. The van der Waals surface area contributed by atoms with Crippen LogP contribution in [0, 0.1) is 15.5 Å². The molecule has 1 aromatic carbocycles. The minimum atomic E-state index is -1.49. The molecule has 2 aliphatic rings. The molecule has 174 valence electrons. The molecule has 1 aromatic rings. The molecule has 2 aliphatic heterocycles. The fourth-order valence-electron chi connectivity index (χ4n) is 4.33. The summed E-state index contributed by atoms with van der Waals surface area (Å²) >= 11 is 0. The van der Waals surface area contributed by atoms with Gasteiger partial charge in [-0.3, -0.25) is 30.3 Å². The van der Waals surface area contributed by atoms with Gasteiger partial charge in [-0.15, -0.1) is 0 Å². The lowest BCUT2D eigenvalue weighted by Gasteiger charge is -2.48. The second-order valence-electron chi connectivity index (χ2n) is 7.97. The van der Waals surface area contributed by atoms with Crippen molar-refractivity contribution in [2.75, 3.05) is 37.7 Å². The number of hydrogen-bond acceptors (Lipinski definition) is 8. The maximum absolute atomic E-state index is 13.2. The zero-order valence-electron chi connectivity index (χ0n) is 18.1. The first-order chi connectivity index (χ1) is 15.4. The maximum Gasteiger partial charge on any atom is 0.328 e. The number of urea groups is 1. The maximum atomic E-state index is 13.2. The van der Waals surface area contributed by atoms with Crippen LogP contribution < -0.4 is 20.9 Å². The number of unbranched alkanes of at least 4 members (excludes halogenated alkanes) is 1. The third-order valence-electron chi connectivity index (χ3n) is 5.93. The molecule has 2 heterocycles. The van der Waals surface area contributed by atoms with E-state index in [2.05, 4.69) is 16.0 Å². The number of nitro benzene ring substituents is 1. The average molecular weight is 447 g/mol. The summed E-state index contributed by atoms with van der Waals surface area (Å²) in [5, 5.41) is 18.8. The highest BCUT2D eigenvalue weighted by atomic mass is 16.6. The summed E-state index contributed by atoms with van der Waals surface area (Å²) in [5.74, 6) is -1.25. The Balaban J connectivity index is 1.88. The fourth-order valence-corrected chi connectivity index (χ4v) is 4.33. The van der Waals surface area contributed by atoms with Gasteiger partial charge in [0.05, 0.1) is 11.0 Å². The fraction of sp³-hybridized carbons (Fsp3) is 0.571. The lowest BCUT2D eigenvalue weighted by molar-refractivity contribution is -0.384. The molecular formula is C21H29N5O6. The van der Waals surface area contributed by atoms with E-state index in [0.29, 0.717) is 51.4 Å². The number of hydrogen-bond donors (Lipinski definition) is 3. The van der Waals surface area contributed by atoms with Crippen molar-refractivity contribution in [3.63, 3.8) is 0 Å². The molecule has 11 nitrogen and oxygen atoms in total. The van der Waals surface area contributed by atoms with Gasteiger partial charge in [0, 0.05) is 50.7 Å². The summed E-state index contributed by atoms with van der Waals surface area (Å²) in [4.78, 5) is 50.5. The van der Waals surface area contributed by atoms with Crippen LogP contribution in [0.2, 0.25) is 0 Å². The van der Waals surface area contributed by atoms with Crippen LogP contribution in [-0.4, -0.2) is 61.7 Å². The van der Waals surface area contributed by atoms with Crippen LogP contribution in [0.4, 0.5) is 16.2 Å². The van der Waals surface area contributed by atoms with Gasteiger partial charge >= 0.3 is 6.03 Å². The van der Waals surface area contributed by atoms with Crippen molar-refractivity contribution in [3.8, 4) is 0 Å². The zero-order chi connectivity index (χ0) is 23.1. The molecule has 3 rings (SSSR count). The summed E-state index contributed by atoms with van der Waals surface area (Å²) < 4.78 is 5.51. The van der Waals surface area contributed by atoms with Crippen LogP contribution in [0.5, 0.6) is 0 Å². The SMILES string of the molecule is CCCOCCCCC1(C2CNCCN2c2ccc([N+](=O)[O-])cc2)C(=O)NC(=O)NC1=O. The molecule has 0 spiro atoms. The quantitative estimate of drug-likeness (QED) is 0.211. The normalized spacial score (nSPS) is 20.6. The topological polar surface area (TPSA) is 143 Å². The number of piperazine rings is 1. The van der Waals surface area contributed by atoms with Gasteiger partial charge in [0.15, 0.2) is 0 Å². The first-order valence-electron chi connectivity index (χ1n) is 10.9. The number of benzene rings is 1. The number of nitrogens with one attached hydrogen (secondary N) is 3. The predicted molar refractivity (Wildman–Crippen MR) is 116 cm³/mol. The van der Waals surface area contributed by atoms with Crippen molar-refractivity contribution < 1.29 is 24.0 Å². The molecular weight excluding hydrogens is 418 g/mol. The second-order valence-corrected chi connectivity index (χ2v) is 7.97. The Labute approximate surface area is 186 Å². The van der Waals surface area contributed by atoms with Gasteiger partial charge in [0.25, 0.3) is 5.69 Å². The number of nitro groups is 1. The van der Waals surface area contributed by atoms with E-state index in [1.165, 1.54) is 12.1 Å². The first kappa shape index (κ1) is 23.6. The molecule has 0 radical (unpaired) electrons. The number of carbonyl (C=O) groups is 3. The number of anilines is 1. The Morgan fingerprint density at radius 3 is 2.44 bits per heavy atom. The molecule has 2 fully saturated rings. The van der Waals surface area contributed by atoms with Crippen LogP contribution in [0.1, 0.15) is 32.6 Å². The Hall–Kier alpha value is -3.05. The minimum absolute atomic E-state index is 0.0408. The lowest BCUT2D eigenvalue weighted by atomic mass is 9.71. The number of non-ortho nitro benzene ring substituents is 1. The van der Waals surface area contributed by atoms with E-state index in [1.807, 2.05) is 11.8 Å². The van der Waals surface area contributed by atoms with Crippen LogP contribution in [0.25, 0.3) is 0 Å². The number of carbonyl (C=O) groups excluding carboxylic acids is 3. The summed E-state index contributed by atoms with van der Waals surface area (Å²) in [6, 6.07) is 4.63. The molecule has 0 bridgehead atoms. The summed E-state index contributed by atoms with van der Waals surface area (Å²) in [5.41, 5.74) is -0.861. The number of amides is 4. The predicted octanol–water partition coefficient (Wildman–Crippen LogP) is 1.32. The van der Waals surface area contributed by atoms with Crippen LogP contribution in [0.15, 0.2) is 24.3 Å². The highest BCUT2D eigenvalue weighted by Crippen LogP contribution is 2.38. The van der Waals surface area contributed by atoms with Crippen molar-refractivity contribution in [2.24, 2.45) is 5.41 Å².